The van der Waals surface area contributed by atoms with E-state index in [2.05, 4.69) is 30.2 Å². The third kappa shape index (κ3) is 4.43. The van der Waals surface area contributed by atoms with Crippen molar-refractivity contribution < 1.29 is 14.1 Å². The number of carbonyl (C=O) groups is 1. The summed E-state index contributed by atoms with van der Waals surface area (Å²) in [6, 6.07) is 7.51. The quantitative estimate of drug-likeness (QED) is 0.627. The molecule has 3 aromatic rings. The SMILES string of the molecule is O=C(Cc1noc2ccccc12)NCc1nc(N2CCCC2)nc(N2CCOCC2)n1. The van der Waals surface area contributed by atoms with Crippen molar-refractivity contribution in [3.63, 3.8) is 0 Å². The van der Waals surface area contributed by atoms with Crippen LogP contribution < -0.4 is 15.1 Å². The summed E-state index contributed by atoms with van der Waals surface area (Å²) in [7, 11) is 0. The summed E-state index contributed by atoms with van der Waals surface area (Å²) in [4.78, 5) is 30.8. The normalized spacial score (nSPS) is 16.8. The third-order valence-corrected chi connectivity index (χ3v) is 5.56. The molecule has 0 spiro atoms. The van der Waals surface area contributed by atoms with Gasteiger partial charge in [0.2, 0.25) is 17.8 Å². The minimum absolute atomic E-state index is 0.136. The standard InChI is InChI=1S/C21H25N7O3/c29-19(13-16-15-5-1-2-6-17(15)31-26-16)22-14-18-23-20(27-7-3-4-8-27)25-21(24-18)28-9-11-30-12-10-28/h1-2,5-6H,3-4,7-14H2,(H,22,29). The van der Waals surface area contributed by atoms with Gasteiger partial charge in [0.15, 0.2) is 11.4 Å². The summed E-state index contributed by atoms with van der Waals surface area (Å²) in [6.07, 6.45) is 2.41. The number of nitrogens with zero attached hydrogens (tertiary/aromatic N) is 6. The predicted octanol–water partition coefficient (Wildman–Crippen LogP) is 1.31. The number of anilines is 2. The first kappa shape index (κ1) is 19.7. The molecule has 2 aliphatic heterocycles. The number of ether oxygens (including phenoxy) is 1. The van der Waals surface area contributed by atoms with Crippen LogP contribution in [0.25, 0.3) is 11.0 Å². The Hall–Kier alpha value is -3.27. The second-order valence-electron chi connectivity index (χ2n) is 7.72. The van der Waals surface area contributed by atoms with Crippen LogP contribution in [-0.4, -0.2) is 65.4 Å². The van der Waals surface area contributed by atoms with Gasteiger partial charge in [0.1, 0.15) is 5.69 Å². The van der Waals surface area contributed by atoms with Crippen molar-refractivity contribution in [1.29, 1.82) is 0 Å². The van der Waals surface area contributed by atoms with Crippen molar-refractivity contribution >= 4 is 28.8 Å². The lowest BCUT2D eigenvalue weighted by atomic mass is 10.1. The molecule has 1 N–H and O–H groups in total. The van der Waals surface area contributed by atoms with Gasteiger partial charge in [-0.25, -0.2) is 0 Å². The molecule has 1 amide bonds. The van der Waals surface area contributed by atoms with Crippen LogP contribution in [0.15, 0.2) is 28.8 Å². The monoisotopic (exact) mass is 423 g/mol. The van der Waals surface area contributed by atoms with E-state index in [1.807, 2.05) is 24.3 Å². The fourth-order valence-electron chi connectivity index (χ4n) is 3.90. The van der Waals surface area contributed by atoms with Gasteiger partial charge in [-0.15, -0.1) is 0 Å². The maximum absolute atomic E-state index is 12.6. The molecule has 31 heavy (non-hydrogen) atoms. The Morgan fingerprint density at radius 3 is 2.45 bits per heavy atom. The zero-order chi connectivity index (χ0) is 21.0. The van der Waals surface area contributed by atoms with Gasteiger partial charge in [-0.2, -0.15) is 15.0 Å². The lowest BCUT2D eigenvalue weighted by Crippen LogP contribution is -2.38. The second-order valence-corrected chi connectivity index (χ2v) is 7.72. The summed E-state index contributed by atoms with van der Waals surface area (Å²) in [5.74, 6) is 1.72. The zero-order valence-corrected chi connectivity index (χ0v) is 17.3. The number of para-hydroxylation sites is 1. The third-order valence-electron chi connectivity index (χ3n) is 5.56. The Kier molecular flexibility index (Phi) is 5.61. The highest BCUT2D eigenvalue weighted by Crippen LogP contribution is 2.20. The van der Waals surface area contributed by atoms with Crippen LogP contribution in [-0.2, 0) is 22.5 Å². The first-order chi connectivity index (χ1) is 15.3. The molecule has 0 atom stereocenters. The lowest BCUT2D eigenvalue weighted by molar-refractivity contribution is -0.120. The van der Waals surface area contributed by atoms with E-state index < -0.39 is 0 Å². The summed E-state index contributed by atoms with van der Waals surface area (Å²) in [6.45, 7) is 4.92. The maximum Gasteiger partial charge on any atom is 0.230 e. The largest absolute Gasteiger partial charge is 0.378 e. The molecule has 0 unspecified atom stereocenters. The van der Waals surface area contributed by atoms with Crippen LogP contribution in [0.5, 0.6) is 0 Å². The van der Waals surface area contributed by atoms with Gasteiger partial charge in [-0.3, -0.25) is 4.79 Å². The topological polar surface area (TPSA) is 110 Å². The van der Waals surface area contributed by atoms with E-state index in [0.29, 0.717) is 42.2 Å². The molecule has 0 bridgehead atoms. The van der Waals surface area contributed by atoms with Crippen LogP contribution in [0.2, 0.25) is 0 Å². The number of nitrogens with one attached hydrogen (secondary N) is 1. The highest BCUT2D eigenvalue weighted by Gasteiger charge is 2.21. The average Bonchev–Trinajstić information content (AvgIpc) is 3.49. The molecule has 4 heterocycles. The Bertz CT molecular complexity index is 1060. The van der Waals surface area contributed by atoms with Crippen molar-refractivity contribution in [2.75, 3.05) is 49.2 Å². The van der Waals surface area contributed by atoms with E-state index in [4.69, 9.17) is 14.2 Å². The number of hydrogen-bond donors (Lipinski definition) is 1. The van der Waals surface area contributed by atoms with Crippen molar-refractivity contribution in [1.82, 2.24) is 25.4 Å². The van der Waals surface area contributed by atoms with E-state index in [0.717, 1.165) is 44.4 Å². The van der Waals surface area contributed by atoms with Gasteiger partial charge in [0, 0.05) is 31.6 Å². The number of hydrogen-bond acceptors (Lipinski definition) is 9. The number of fused-ring (bicyclic) bond motifs is 1. The molecule has 0 aliphatic carbocycles. The zero-order valence-electron chi connectivity index (χ0n) is 17.3. The summed E-state index contributed by atoms with van der Waals surface area (Å²) in [5, 5.41) is 7.80. The van der Waals surface area contributed by atoms with Crippen molar-refractivity contribution in [3.05, 3.63) is 35.8 Å². The first-order valence-corrected chi connectivity index (χ1v) is 10.7. The number of amides is 1. The number of benzene rings is 1. The predicted molar refractivity (Wildman–Crippen MR) is 114 cm³/mol. The van der Waals surface area contributed by atoms with Crippen molar-refractivity contribution in [2.45, 2.75) is 25.8 Å². The molecule has 2 aliphatic rings. The van der Waals surface area contributed by atoms with Gasteiger partial charge in [0.05, 0.1) is 26.2 Å². The minimum atomic E-state index is -0.157. The highest BCUT2D eigenvalue weighted by atomic mass is 16.5. The van der Waals surface area contributed by atoms with Gasteiger partial charge in [-0.05, 0) is 25.0 Å². The maximum atomic E-state index is 12.6. The smallest absolute Gasteiger partial charge is 0.230 e. The van der Waals surface area contributed by atoms with Gasteiger partial charge < -0.3 is 24.4 Å². The Labute approximate surface area is 179 Å². The number of morpholine rings is 1. The van der Waals surface area contributed by atoms with Crippen LogP contribution in [0, 0.1) is 0 Å². The second kappa shape index (κ2) is 8.84. The Balaban J connectivity index is 1.30. The van der Waals surface area contributed by atoms with Gasteiger partial charge >= 0.3 is 0 Å². The summed E-state index contributed by atoms with van der Waals surface area (Å²) in [5.41, 5.74) is 1.30. The van der Waals surface area contributed by atoms with Crippen molar-refractivity contribution in [2.24, 2.45) is 0 Å². The highest BCUT2D eigenvalue weighted by molar-refractivity contribution is 5.86. The first-order valence-electron chi connectivity index (χ1n) is 10.7. The molecule has 2 fully saturated rings. The molecule has 10 nitrogen and oxygen atoms in total. The van der Waals surface area contributed by atoms with Gasteiger partial charge in [-0.1, -0.05) is 17.3 Å². The number of aromatic nitrogens is 4. The molecule has 0 radical (unpaired) electrons. The van der Waals surface area contributed by atoms with Crippen LogP contribution >= 0.6 is 0 Å². The van der Waals surface area contributed by atoms with E-state index in [9.17, 15) is 4.79 Å². The van der Waals surface area contributed by atoms with Crippen molar-refractivity contribution in [3.8, 4) is 0 Å². The molecular weight excluding hydrogens is 398 g/mol. The number of rotatable bonds is 6. The van der Waals surface area contributed by atoms with E-state index >= 15 is 0 Å². The van der Waals surface area contributed by atoms with Crippen LogP contribution in [0.1, 0.15) is 24.4 Å². The van der Waals surface area contributed by atoms with Crippen LogP contribution in [0.4, 0.5) is 11.9 Å². The molecule has 0 saturated carbocycles. The molecule has 162 valence electrons. The lowest BCUT2D eigenvalue weighted by Gasteiger charge is -2.28. The van der Waals surface area contributed by atoms with Crippen LogP contribution in [0.3, 0.4) is 0 Å². The fourth-order valence-corrected chi connectivity index (χ4v) is 3.90. The molecule has 5 rings (SSSR count). The Morgan fingerprint density at radius 1 is 0.968 bits per heavy atom. The number of carbonyl (C=O) groups excluding carboxylic acids is 1. The Morgan fingerprint density at radius 2 is 1.68 bits per heavy atom. The molecule has 1 aromatic carbocycles. The summed E-state index contributed by atoms with van der Waals surface area (Å²) < 4.78 is 10.7. The molecule has 2 saturated heterocycles. The molecule has 2 aromatic heterocycles. The molecular formula is C21H25N7O3. The van der Waals surface area contributed by atoms with E-state index in [1.165, 1.54) is 0 Å². The fraction of sp³-hybridized carbons (Fsp3) is 0.476. The van der Waals surface area contributed by atoms with E-state index in [1.54, 1.807) is 0 Å². The minimum Gasteiger partial charge on any atom is -0.378 e. The average molecular weight is 423 g/mol. The van der Waals surface area contributed by atoms with Gasteiger partial charge in [0.25, 0.3) is 0 Å². The van der Waals surface area contributed by atoms with E-state index in [-0.39, 0.29) is 18.9 Å². The molecule has 10 heteroatoms. The summed E-state index contributed by atoms with van der Waals surface area (Å²) >= 11 is 0.